The molecule has 0 aliphatic rings. The number of H-pyrrole nitrogens is 1. The molecule has 6 nitrogen and oxygen atoms in total. The molecule has 0 bridgehead atoms. The predicted molar refractivity (Wildman–Crippen MR) is 93.8 cm³/mol. The third-order valence-corrected chi connectivity index (χ3v) is 4.25. The molecule has 0 aliphatic heterocycles. The second-order valence-corrected chi connectivity index (χ2v) is 5.79. The zero-order valence-electron chi connectivity index (χ0n) is 14.0. The highest BCUT2D eigenvalue weighted by molar-refractivity contribution is 5.93. The van der Waals surface area contributed by atoms with Gasteiger partial charge in [-0.25, -0.2) is 4.79 Å². The van der Waals surface area contributed by atoms with Gasteiger partial charge in [0, 0.05) is 29.7 Å². The van der Waals surface area contributed by atoms with Crippen LogP contribution in [0.2, 0.25) is 0 Å². The van der Waals surface area contributed by atoms with Crippen molar-refractivity contribution < 1.29 is 14.3 Å². The fourth-order valence-corrected chi connectivity index (χ4v) is 2.96. The third-order valence-electron chi connectivity index (χ3n) is 4.25. The van der Waals surface area contributed by atoms with Crippen molar-refractivity contribution in [3.05, 3.63) is 70.3 Å². The third kappa shape index (κ3) is 3.10. The number of methoxy groups -OCH3 is 1. The molecule has 0 amide bonds. The standard InChI is InChI=1S/C19H18N2O4/c1-12(22)14-7-5-9-21(18(14)23)17(19(24)25-2)10-13-11-20-16-8-4-3-6-15(13)16/h3-9,11,17,20H,10H2,1-2H3. The lowest BCUT2D eigenvalue weighted by Crippen LogP contribution is -2.34. The van der Waals surface area contributed by atoms with E-state index in [1.165, 1.54) is 30.9 Å². The van der Waals surface area contributed by atoms with Gasteiger partial charge in [-0.05, 0) is 30.7 Å². The maximum Gasteiger partial charge on any atom is 0.329 e. The highest BCUT2D eigenvalue weighted by Gasteiger charge is 2.25. The number of carbonyl (C=O) groups is 2. The molecule has 1 N–H and O–H groups in total. The first kappa shape index (κ1) is 16.7. The molecule has 1 unspecified atom stereocenters. The quantitative estimate of drug-likeness (QED) is 0.572. The highest BCUT2D eigenvalue weighted by atomic mass is 16.5. The minimum Gasteiger partial charge on any atom is -0.467 e. The Kier molecular flexibility index (Phi) is 4.52. The van der Waals surface area contributed by atoms with Crippen LogP contribution in [-0.2, 0) is 16.0 Å². The lowest BCUT2D eigenvalue weighted by molar-refractivity contribution is -0.144. The van der Waals surface area contributed by atoms with Crippen molar-refractivity contribution in [2.75, 3.05) is 7.11 Å². The number of hydrogen-bond acceptors (Lipinski definition) is 4. The Hall–Kier alpha value is -3.15. The Bertz CT molecular complexity index is 1000. The topological polar surface area (TPSA) is 81.2 Å². The van der Waals surface area contributed by atoms with Gasteiger partial charge in [0.25, 0.3) is 5.56 Å². The summed E-state index contributed by atoms with van der Waals surface area (Å²) in [6.07, 6.45) is 3.60. The number of Topliss-reactive ketones (excluding diaryl/α,β-unsaturated/α-hetero) is 1. The van der Waals surface area contributed by atoms with Crippen molar-refractivity contribution in [3.63, 3.8) is 0 Å². The van der Waals surface area contributed by atoms with Crippen LogP contribution in [0.5, 0.6) is 0 Å². The molecule has 0 spiro atoms. The summed E-state index contributed by atoms with van der Waals surface area (Å²) in [5.41, 5.74) is 1.40. The number of hydrogen-bond donors (Lipinski definition) is 1. The summed E-state index contributed by atoms with van der Waals surface area (Å²) in [6.45, 7) is 1.33. The van der Waals surface area contributed by atoms with Crippen molar-refractivity contribution in [2.24, 2.45) is 0 Å². The molecule has 0 saturated heterocycles. The first-order chi connectivity index (χ1) is 12.0. The maximum atomic E-state index is 12.6. The summed E-state index contributed by atoms with van der Waals surface area (Å²) >= 11 is 0. The second kappa shape index (κ2) is 6.76. The lowest BCUT2D eigenvalue weighted by Gasteiger charge is -2.18. The highest BCUT2D eigenvalue weighted by Crippen LogP contribution is 2.23. The number of fused-ring (bicyclic) bond motifs is 1. The number of nitrogens with zero attached hydrogens (tertiary/aromatic N) is 1. The van der Waals surface area contributed by atoms with Crippen molar-refractivity contribution >= 4 is 22.7 Å². The Balaban J connectivity index is 2.08. The number of rotatable bonds is 5. The summed E-state index contributed by atoms with van der Waals surface area (Å²) in [5, 5.41) is 0.979. The molecule has 2 heterocycles. The van der Waals surface area contributed by atoms with Crippen LogP contribution in [0.3, 0.4) is 0 Å². The van der Waals surface area contributed by atoms with E-state index < -0.39 is 17.6 Å². The zero-order valence-corrected chi connectivity index (χ0v) is 14.0. The summed E-state index contributed by atoms with van der Waals surface area (Å²) in [4.78, 5) is 39.7. The van der Waals surface area contributed by atoms with Crippen LogP contribution in [0.25, 0.3) is 10.9 Å². The fraction of sp³-hybridized carbons (Fsp3) is 0.211. The van der Waals surface area contributed by atoms with E-state index in [1.54, 1.807) is 6.07 Å². The molecular formula is C19H18N2O4. The SMILES string of the molecule is COC(=O)C(Cc1c[nH]c2ccccc12)n1cccc(C(C)=O)c1=O. The van der Waals surface area contributed by atoms with Gasteiger partial charge in [-0.2, -0.15) is 0 Å². The van der Waals surface area contributed by atoms with E-state index in [2.05, 4.69) is 4.98 Å². The van der Waals surface area contributed by atoms with Crippen LogP contribution < -0.4 is 5.56 Å². The van der Waals surface area contributed by atoms with Crippen LogP contribution in [0.4, 0.5) is 0 Å². The molecule has 25 heavy (non-hydrogen) atoms. The molecule has 1 aromatic carbocycles. The number of ketones is 1. The van der Waals surface area contributed by atoms with E-state index in [4.69, 9.17) is 4.74 Å². The largest absolute Gasteiger partial charge is 0.467 e. The van der Waals surface area contributed by atoms with Crippen LogP contribution >= 0.6 is 0 Å². The fourth-order valence-electron chi connectivity index (χ4n) is 2.96. The number of ether oxygens (including phenoxy) is 1. The number of aromatic nitrogens is 2. The lowest BCUT2D eigenvalue weighted by atomic mass is 10.0. The van der Waals surface area contributed by atoms with E-state index in [9.17, 15) is 14.4 Å². The van der Waals surface area contributed by atoms with Crippen LogP contribution in [0, 0.1) is 0 Å². The van der Waals surface area contributed by atoms with E-state index in [1.807, 2.05) is 30.5 Å². The van der Waals surface area contributed by atoms with E-state index in [-0.39, 0.29) is 17.8 Å². The average molecular weight is 338 g/mol. The summed E-state index contributed by atoms with van der Waals surface area (Å²) in [6, 6.07) is 9.91. The van der Waals surface area contributed by atoms with Gasteiger partial charge < -0.3 is 14.3 Å². The molecule has 128 valence electrons. The molecule has 0 radical (unpaired) electrons. The second-order valence-electron chi connectivity index (χ2n) is 5.79. The molecule has 3 aromatic rings. The van der Waals surface area contributed by atoms with Gasteiger partial charge in [0.05, 0.1) is 12.7 Å². The molecule has 0 saturated carbocycles. The molecule has 0 fully saturated rings. The normalized spacial score (nSPS) is 12.1. The zero-order chi connectivity index (χ0) is 18.0. The number of para-hydroxylation sites is 1. The van der Waals surface area contributed by atoms with E-state index in [0.29, 0.717) is 0 Å². The number of aromatic amines is 1. The Morgan fingerprint density at radius 3 is 2.68 bits per heavy atom. The first-order valence-corrected chi connectivity index (χ1v) is 7.88. The van der Waals surface area contributed by atoms with Gasteiger partial charge in [-0.3, -0.25) is 9.59 Å². The van der Waals surface area contributed by atoms with Crippen LogP contribution in [0.15, 0.2) is 53.6 Å². The van der Waals surface area contributed by atoms with E-state index in [0.717, 1.165) is 16.5 Å². The van der Waals surface area contributed by atoms with Crippen LogP contribution in [0.1, 0.15) is 28.9 Å². The number of nitrogens with one attached hydrogen (secondary N) is 1. The molecule has 1 atom stereocenters. The smallest absolute Gasteiger partial charge is 0.329 e. The summed E-state index contributed by atoms with van der Waals surface area (Å²) in [5.74, 6) is -0.872. The molecule has 0 aliphatic carbocycles. The van der Waals surface area contributed by atoms with E-state index >= 15 is 0 Å². The molecule has 3 rings (SSSR count). The number of carbonyl (C=O) groups excluding carboxylic acids is 2. The summed E-state index contributed by atoms with van der Waals surface area (Å²) in [7, 11) is 1.28. The van der Waals surface area contributed by atoms with Crippen LogP contribution in [-0.4, -0.2) is 28.4 Å². The number of benzene rings is 1. The van der Waals surface area contributed by atoms with Gasteiger partial charge in [0.15, 0.2) is 5.78 Å². The van der Waals surface area contributed by atoms with Gasteiger partial charge in [0.2, 0.25) is 0 Å². The number of pyridine rings is 1. The Labute approximate surface area is 144 Å². The van der Waals surface area contributed by atoms with Crippen molar-refractivity contribution in [3.8, 4) is 0 Å². The first-order valence-electron chi connectivity index (χ1n) is 7.88. The molecule has 2 aromatic heterocycles. The molecule has 6 heteroatoms. The monoisotopic (exact) mass is 338 g/mol. The minimum atomic E-state index is -0.851. The predicted octanol–water partition coefficient (Wildman–Crippen LogP) is 2.49. The van der Waals surface area contributed by atoms with Crippen molar-refractivity contribution in [1.82, 2.24) is 9.55 Å². The number of esters is 1. The van der Waals surface area contributed by atoms with Crippen molar-refractivity contribution in [1.29, 1.82) is 0 Å². The van der Waals surface area contributed by atoms with Gasteiger partial charge in [-0.1, -0.05) is 18.2 Å². The Morgan fingerprint density at radius 2 is 1.96 bits per heavy atom. The van der Waals surface area contributed by atoms with Gasteiger partial charge in [0.1, 0.15) is 6.04 Å². The van der Waals surface area contributed by atoms with Gasteiger partial charge >= 0.3 is 5.97 Å². The molecular weight excluding hydrogens is 320 g/mol. The average Bonchev–Trinajstić information content (AvgIpc) is 3.02. The van der Waals surface area contributed by atoms with Crippen molar-refractivity contribution in [2.45, 2.75) is 19.4 Å². The van der Waals surface area contributed by atoms with Gasteiger partial charge in [-0.15, -0.1) is 0 Å². The Morgan fingerprint density at radius 1 is 1.20 bits per heavy atom. The maximum absolute atomic E-state index is 12.6. The minimum absolute atomic E-state index is 0.0512. The summed E-state index contributed by atoms with van der Waals surface area (Å²) < 4.78 is 6.16.